The van der Waals surface area contributed by atoms with Crippen molar-refractivity contribution in [3.05, 3.63) is 42.0 Å². The molecule has 122 valence electrons. The first-order chi connectivity index (χ1) is 11.2. The number of methoxy groups -OCH3 is 1. The number of hydrogen-bond donors (Lipinski definition) is 0. The second-order valence-electron chi connectivity index (χ2n) is 6.39. The topological polar surface area (TPSA) is 35.5 Å². The van der Waals surface area contributed by atoms with Crippen LogP contribution in [-0.4, -0.2) is 19.2 Å². The molecule has 0 N–H and O–H groups in total. The molecule has 0 heterocycles. The Morgan fingerprint density at radius 3 is 2.48 bits per heavy atom. The number of ether oxygens (including phenoxy) is 2. The van der Waals surface area contributed by atoms with Crippen molar-refractivity contribution in [1.82, 2.24) is 0 Å². The number of benzene rings is 2. The zero-order valence-corrected chi connectivity index (χ0v) is 13.9. The van der Waals surface area contributed by atoms with E-state index in [1.54, 1.807) is 7.11 Å². The van der Waals surface area contributed by atoms with Gasteiger partial charge in [0.2, 0.25) is 0 Å². The van der Waals surface area contributed by atoms with Crippen LogP contribution in [0.4, 0.5) is 0 Å². The summed E-state index contributed by atoms with van der Waals surface area (Å²) in [6.07, 6.45) is 5.74. The number of rotatable bonds is 4. The zero-order chi connectivity index (χ0) is 16.2. The van der Waals surface area contributed by atoms with Gasteiger partial charge in [0, 0.05) is 0 Å². The Labute approximate surface area is 137 Å². The fourth-order valence-electron chi connectivity index (χ4n) is 3.22. The highest BCUT2D eigenvalue weighted by Gasteiger charge is 2.22. The highest BCUT2D eigenvalue weighted by molar-refractivity contribution is 5.86. The molecule has 1 atom stereocenters. The molecule has 0 amide bonds. The highest BCUT2D eigenvalue weighted by atomic mass is 16.5. The number of carbonyl (C=O) groups is 1. The molecular formula is C20H24O3. The molecular weight excluding hydrogens is 288 g/mol. The maximum Gasteiger partial charge on any atom is 0.313 e. The molecule has 0 spiro atoms. The van der Waals surface area contributed by atoms with Crippen molar-refractivity contribution in [3.8, 4) is 5.75 Å². The van der Waals surface area contributed by atoms with Crippen LogP contribution in [0.2, 0.25) is 0 Å². The van der Waals surface area contributed by atoms with Gasteiger partial charge in [-0.05, 0) is 61.1 Å². The summed E-state index contributed by atoms with van der Waals surface area (Å²) in [5.74, 6) is 0.503. The van der Waals surface area contributed by atoms with Crippen LogP contribution in [0.25, 0.3) is 10.8 Å². The quantitative estimate of drug-likeness (QED) is 0.759. The number of carbonyl (C=O) groups excluding carboxylic acids is 1. The lowest BCUT2D eigenvalue weighted by atomic mass is 9.96. The van der Waals surface area contributed by atoms with Gasteiger partial charge in [0.1, 0.15) is 11.9 Å². The van der Waals surface area contributed by atoms with E-state index in [4.69, 9.17) is 9.47 Å². The first-order valence-electron chi connectivity index (χ1n) is 8.45. The molecule has 23 heavy (non-hydrogen) atoms. The third kappa shape index (κ3) is 3.66. The minimum absolute atomic E-state index is 0.107. The predicted molar refractivity (Wildman–Crippen MR) is 91.9 cm³/mol. The van der Waals surface area contributed by atoms with Crippen LogP contribution in [0.5, 0.6) is 5.75 Å². The number of esters is 1. The molecule has 1 aliphatic rings. The van der Waals surface area contributed by atoms with E-state index in [0.29, 0.717) is 0 Å². The van der Waals surface area contributed by atoms with Crippen LogP contribution in [0.1, 0.15) is 50.5 Å². The second-order valence-corrected chi connectivity index (χ2v) is 6.39. The zero-order valence-electron chi connectivity index (χ0n) is 13.9. The summed E-state index contributed by atoms with van der Waals surface area (Å²) in [5, 5.41) is 2.22. The Bertz CT molecular complexity index is 686. The molecule has 3 rings (SSSR count). The lowest BCUT2D eigenvalue weighted by molar-refractivity contribution is -0.151. The van der Waals surface area contributed by atoms with Gasteiger partial charge in [0.25, 0.3) is 0 Å². The van der Waals surface area contributed by atoms with Gasteiger partial charge in [-0.2, -0.15) is 0 Å². The minimum atomic E-state index is -0.233. The van der Waals surface area contributed by atoms with Crippen LogP contribution in [0.3, 0.4) is 0 Å². The summed E-state index contributed by atoms with van der Waals surface area (Å²) in [6.45, 7) is 1.93. The predicted octanol–water partition coefficient (Wildman–Crippen LogP) is 4.83. The SMILES string of the molecule is COc1ccc2cc(C(C)C(=O)OC3CCCCC3)ccc2c1. The molecule has 2 aromatic rings. The summed E-state index contributed by atoms with van der Waals surface area (Å²) >= 11 is 0. The van der Waals surface area contributed by atoms with Crippen LogP contribution < -0.4 is 4.74 Å². The van der Waals surface area contributed by atoms with E-state index < -0.39 is 0 Å². The number of hydrogen-bond acceptors (Lipinski definition) is 3. The first-order valence-corrected chi connectivity index (χ1v) is 8.45. The first kappa shape index (κ1) is 15.9. The lowest BCUT2D eigenvalue weighted by Crippen LogP contribution is -2.23. The Kier molecular flexibility index (Phi) is 4.85. The highest BCUT2D eigenvalue weighted by Crippen LogP contribution is 2.27. The summed E-state index contributed by atoms with van der Waals surface area (Å²) in [5.41, 5.74) is 1.00. The van der Waals surface area contributed by atoms with Gasteiger partial charge in [-0.1, -0.05) is 30.7 Å². The maximum absolute atomic E-state index is 12.4. The van der Waals surface area contributed by atoms with E-state index in [1.165, 1.54) is 19.3 Å². The minimum Gasteiger partial charge on any atom is -0.497 e. The van der Waals surface area contributed by atoms with Crippen molar-refractivity contribution in [2.24, 2.45) is 0 Å². The average molecular weight is 312 g/mol. The fourth-order valence-corrected chi connectivity index (χ4v) is 3.22. The van der Waals surface area contributed by atoms with Gasteiger partial charge in [0.05, 0.1) is 13.0 Å². The number of fused-ring (bicyclic) bond motifs is 1. The molecule has 0 saturated heterocycles. The van der Waals surface area contributed by atoms with Gasteiger partial charge < -0.3 is 9.47 Å². The van der Waals surface area contributed by atoms with Gasteiger partial charge >= 0.3 is 5.97 Å². The molecule has 1 aliphatic carbocycles. The third-order valence-electron chi connectivity index (χ3n) is 4.76. The maximum atomic E-state index is 12.4. The Morgan fingerprint density at radius 2 is 1.74 bits per heavy atom. The molecule has 1 fully saturated rings. The molecule has 0 bridgehead atoms. The summed E-state index contributed by atoms with van der Waals surface area (Å²) < 4.78 is 10.9. The van der Waals surface area contributed by atoms with Crippen molar-refractivity contribution in [2.45, 2.75) is 51.0 Å². The summed E-state index contributed by atoms with van der Waals surface area (Å²) in [6, 6.07) is 12.1. The van der Waals surface area contributed by atoms with E-state index in [2.05, 4.69) is 6.07 Å². The molecule has 1 unspecified atom stereocenters. The van der Waals surface area contributed by atoms with Gasteiger partial charge in [-0.3, -0.25) is 4.79 Å². The monoisotopic (exact) mass is 312 g/mol. The normalized spacial score (nSPS) is 17.0. The smallest absolute Gasteiger partial charge is 0.313 e. The van der Waals surface area contributed by atoms with Crippen molar-refractivity contribution >= 4 is 16.7 Å². The largest absolute Gasteiger partial charge is 0.497 e. The van der Waals surface area contributed by atoms with Gasteiger partial charge in [-0.25, -0.2) is 0 Å². The Morgan fingerprint density at radius 1 is 1.04 bits per heavy atom. The fraction of sp³-hybridized carbons (Fsp3) is 0.450. The molecule has 1 saturated carbocycles. The van der Waals surface area contributed by atoms with Crippen molar-refractivity contribution in [3.63, 3.8) is 0 Å². The molecule has 0 radical (unpaired) electrons. The third-order valence-corrected chi connectivity index (χ3v) is 4.76. The van der Waals surface area contributed by atoms with Crippen molar-refractivity contribution in [1.29, 1.82) is 0 Å². The average Bonchev–Trinajstić information content (AvgIpc) is 2.61. The van der Waals surface area contributed by atoms with Gasteiger partial charge in [-0.15, -0.1) is 0 Å². The standard InChI is InChI=1S/C20H24O3/c1-14(20(21)23-18-6-4-3-5-7-18)15-8-9-17-13-19(22-2)11-10-16(17)12-15/h8-14,18H,3-7H2,1-2H3. The van der Waals surface area contributed by atoms with Crippen LogP contribution in [-0.2, 0) is 9.53 Å². The van der Waals surface area contributed by atoms with E-state index in [1.807, 2.05) is 37.3 Å². The molecule has 0 aliphatic heterocycles. The summed E-state index contributed by atoms with van der Waals surface area (Å²) in [7, 11) is 1.67. The van der Waals surface area contributed by atoms with E-state index in [0.717, 1.165) is 34.9 Å². The molecule has 0 aromatic heterocycles. The lowest BCUT2D eigenvalue weighted by Gasteiger charge is -2.23. The van der Waals surface area contributed by atoms with E-state index in [-0.39, 0.29) is 18.0 Å². The Hall–Kier alpha value is -2.03. The van der Waals surface area contributed by atoms with Crippen LogP contribution >= 0.6 is 0 Å². The molecule has 3 nitrogen and oxygen atoms in total. The summed E-state index contributed by atoms with van der Waals surface area (Å²) in [4.78, 5) is 12.4. The van der Waals surface area contributed by atoms with Crippen molar-refractivity contribution < 1.29 is 14.3 Å². The van der Waals surface area contributed by atoms with Gasteiger partial charge in [0.15, 0.2) is 0 Å². The van der Waals surface area contributed by atoms with Crippen molar-refractivity contribution in [2.75, 3.05) is 7.11 Å². The van der Waals surface area contributed by atoms with Crippen LogP contribution in [0.15, 0.2) is 36.4 Å². The molecule has 2 aromatic carbocycles. The van der Waals surface area contributed by atoms with E-state index >= 15 is 0 Å². The Balaban J connectivity index is 1.74. The molecule has 3 heteroatoms. The van der Waals surface area contributed by atoms with Crippen LogP contribution in [0, 0.1) is 0 Å². The second kappa shape index (κ2) is 7.03. The van der Waals surface area contributed by atoms with E-state index in [9.17, 15) is 4.79 Å².